The summed E-state index contributed by atoms with van der Waals surface area (Å²) in [6.07, 6.45) is 0.218. The molecule has 3 N–H and O–H groups in total. The summed E-state index contributed by atoms with van der Waals surface area (Å²) in [6.45, 7) is 5.84. The van der Waals surface area contributed by atoms with Gasteiger partial charge in [-0.15, -0.1) is 0 Å². The fourth-order valence-corrected chi connectivity index (χ4v) is 4.33. The normalized spacial score (nSPS) is 11.0. The van der Waals surface area contributed by atoms with Crippen LogP contribution in [0.3, 0.4) is 0 Å². The number of rotatable bonds is 6. The molecule has 0 aliphatic rings. The first-order valence-electron chi connectivity index (χ1n) is 9.99. The highest BCUT2D eigenvalue weighted by Gasteiger charge is 2.15. The van der Waals surface area contributed by atoms with Crippen LogP contribution in [-0.2, 0) is 21.2 Å². The molecular formula is C24H25N3O3S2. The van der Waals surface area contributed by atoms with E-state index in [2.05, 4.69) is 15.4 Å². The molecule has 6 nitrogen and oxygen atoms in total. The van der Waals surface area contributed by atoms with Gasteiger partial charge in [0.05, 0.1) is 11.3 Å². The third-order valence-corrected chi connectivity index (χ3v) is 6.65. The smallest absolute Gasteiger partial charge is 0.261 e. The second-order valence-electron chi connectivity index (χ2n) is 7.53. The number of anilines is 2. The highest BCUT2D eigenvalue weighted by atomic mass is 32.2. The summed E-state index contributed by atoms with van der Waals surface area (Å²) in [5, 5.41) is 5.69. The fraction of sp³-hybridized carbons (Fsp3) is 0.167. The number of aryl methyl sites for hydroxylation is 3. The monoisotopic (exact) mass is 467 g/mol. The summed E-state index contributed by atoms with van der Waals surface area (Å²) < 4.78 is 27.9. The molecule has 0 unspecified atom stereocenters. The predicted molar refractivity (Wildman–Crippen MR) is 132 cm³/mol. The zero-order valence-electron chi connectivity index (χ0n) is 18.1. The Kier molecular flexibility index (Phi) is 7.27. The third-order valence-electron chi connectivity index (χ3n) is 5.05. The first-order chi connectivity index (χ1) is 15.1. The maximum absolute atomic E-state index is 12.7. The Hall–Kier alpha value is -3.23. The first-order valence-corrected chi connectivity index (χ1v) is 11.9. The number of amides is 1. The van der Waals surface area contributed by atoms with Gasteiger partial charge in [0, 0.05) is 11.4 Å². The number of benzene rings is 3. The molecule has 1 amide bonds. The number of hydrogen-bond donors (Lipinski definition) is 3. The molecule has 0 bridgehead atoms. The Balaban J connectivity index is 1.59. The van der Waals surface area contributed by atoms with Crippen molar-refractivity contribution in [2.75, 3.05) is 10.0 Å². The zero-order chi connectivity index (χ0) is 23.3. The minimum absolute atomic E-state index is 0.121. The van der Waals surface area contributed by atoms with E-state index < -0.39 is 10.0 Å². The molecule has 32 heavy (non-hydrogen) atoms. The molecule has 0 radical (unpaired) electrons. The first kappa shape index (κ1) is 23.4. The number of carbonyl (C=O) groups excluding carboxylic acids is 1. The summed E-state index contributed by atoms with van der Waals surface area (Å²) in [5.41, 5.74) is 5.13. The summed E-state index contributed by atoms with van der Waals surface area (Å²) in [6, 6.07) is 19.2. The Labute approximate surface area is 194 Å². The summed E-state index contributed by atoms with van der Waals surface area (Å²) in [7, 11) is -3.73. The van der Waals surface area contributed by atoms with E-state index in [0.29, 0.717) is 11.4 Å². The van der Waals surface area contributed by atoms with Gasteiger partial charge in [-0.2, -0.15) is 0 Å². The molecule has 3 aromatic carbocycles. The molecule has 0 aliphatic heterocycles. The number of nitrogens with one attached hydrogen (secondary N) is 3. The minimum atomic E-state index is -3.73. The van der Waals surface area contributed by atoms with Gasteiger partial charge in [0.15, 0.2) is 5.11 Å². The summed E-state index contributed by atoms with van der Waals surface area (Å²) in [4.78, 5) is 12.4. The molecule has 0 atom stereocenters. The van der Waals surface area contributed by atoms with Crippen LogP contribution in [0.2, 0.25) is 0 Å². The van der Waals surface area contributed by atoms with E-state index in [1.54, 1.807) is 24.3 Å². The molecule has 166 valence electrons. The second kappa shape index (κ2) is 9.93. The van der Waals surface area contributed by atoms with Crippen LogP contribution in [0, 0.1) is 20.8 Å². The van der Waals surface area contributed by atoms with E-state index in [1.807, 2.05) is 51.1 Å². The molecule has 0 aromatic heterocycles. The highest BCUT2D eigenvalue weighted by Crippen LogP contribution is 2.20. The van der Waals surface area contributed by atoms with Gasteiger partial charge < -0.3 is 10.6 Å². The van der Waals surface area contributed by atoms with Crippen LogP contribution in [-0.4, -0.2) is 19.4 Å². The molecule has 3 aromatic rings. The Bertz CT molecular complexity index is 1250. The molecular weight excluding hydrogens is 442 g/mol. The lowest BCUT2D eigenvalue weighted by atomic mass is 10.1. The van der Waals surface area contributed by atoms with Crippen LogP contribution in [0.5, 0.6) is 0 Å². The van der Waals surface area contributed by atoms with Crippen molar-refractivity contribution in [3.8, 4) is 0 Å². The number of carbonyl (C=O) groups is 1. The molecule has 0 aliphatic carbocycles. The lowest BCUT2D eigenvalue weighted by molar-refractivity contribution is -0.119. The molecule has 8 heteroatoms. The van der Waals surface area contributed by atoms with Crippen molar-refractivity contribution in [3.05, 3.63) is 89.0 Å². The lowest BCUT2D eigenvalue weighted by Crippen LogP contribution is -2.35. The number of hydrogen-bond acceptors (Lipinski definition) is 4. The van der Waals surface area contributed by atoms with Crippen molar-refractivity contribution in [3.63, 3.8) is 0 Å². The van der Waals surface area contributed by atoms with Gasteiger partial charge in [-0.25, -0.2) is 8.42 Å². The SMILES string of the molecule is Cc1ccc(NS(=O)(=O)c2ccc(NC(=S)NC(=O)Cc3ccccc3C)cc2)cc1C. The Morgan fingerprint density at radius 3 is 2.16 bits per heavy atom. The van der Waals surface area contributed by atoms with Crippen LogP contribution in [0.15, 0.2) is 71.6 Å². The number of thiocarbonyl (C=S) groups is 1. The van der Waals surface area contributed by atoms with E-state index in [9.17, 15) is 13.2 Å². The maximum Gasteiger partial charge on any atom is 0.261 e. The van der Waals surface area contributed by atoms with Gasteiger partial charge >= 0.3 is 0 Å². The highest BCUT2D eigenvalue weighted by molar-refractivity contribution is 7.92. The van der Waals surface area contributed by atoms with E-state index in [-0.39, 0.29) is 22.3 Å². The van der Waals surface area contributed by atoms with Crippen LogP contribution in [0.4, 0.5) is 11.4 Å². The van der Waals surface area contributed by atoms with Gasteiger partial charge in [0.2, 0.25) is 5.91 Å². The Morgan fingerprint density at radius 2 is 1.50 bits per heavy atom. The van der Waals surface area contributed by atoms with Gasteiger partial charge in [-0.3, -0.25) is 9.52 Å². The van der Waals surface area contributed by atoms with Gasteiger partial charge in [0.1, 0.15) is 0 Å². The van der Waals surface area contributed by atoms with E-state index >= 15 is 0 Å². The predicted octanol–water partition coefficient (Wildman–Crippen LogP) is 4.47. The molecule has 0 fully saturated rings. The second-order valence-corrected chi connectivity index (χ2v) is 9.63. The molecule has 0 heterocycles. The zero-order valence-corrected chi connectivity index (χ0v) is 19.7. The van der Waals surface area contributed by atoms with Gasteiger partial charge in [-0.05, 0) is 91.6 Å². The van der Waals surface area contributed by atoms with Gasteiger partial charge in [-0.1, -0.05) is 30.3 Å². The minimum Gasteiger partial charge on any atom is -0.332 e. The van der Waals surface area contributed by atoms with E-state index in [4.69, 9.17) is 12.2 Å². The quantitative estimate of drug-likeness (QED) is 0.466. The van der Waals surface area contributed by atoms with Crippen molar-refractivity contribution in [2.45, 2.75) is 32.1 Å². The molecule has 0 saturated heterocycles. The average Bonchev–Trinajstić information content (AvgIpc) is 2.72. The number of sulfonamides is 1. The van der Waals surface area contributed by atoms with Crippen LogP contribution < -0.4 is 15.4 Å². The van der Waals surface area contributed by atoms with Crippen LogP contribution in [0.1, 0.15) is 22.3 Å². The van der Waals surface area contributed by atoms with Crippen molar-refractivity contribution in [1.82, 2.24) is 5.32 Å². The molecule has 3 rings (SSSR count). The Morgan fingerprint density at radius 1 is 0.844 bits per heavy atom. The standard InChI is InChI=1S/C24H25N3O3S2/c1-16-8-9-21(14-18(16)3)27-32(29,30)22-12-10-20(11-13-22)25-24(31)26-23(28)15-19-7-5-4-6-17(19)2/h4-14,27H,15H2,1-3H3,(H2,25,26,28,31). The third kappa shape index (κ3) is 6.15. The topological polar surface area (TPSA) is 87.3 Å². The van der Waals surface area contributed by atoms with Gasteiger partial charge in [0.25, 0.3) is 10.0 Å². The fourth-order valence-electron chi connectivity index (χ4n) is 3.05. The van der Waals surface area contributed by atoms with E-state index in [1.165, 1.54) is 12.1 Å². The lowest BCUT2D eigenvalue weighted by Gasteiger charge is -2.12. The van der Waals surface area contributed by atoms with E-state index in [0.717, 1.165) is 22.3 Å². The summed E-state index contributed by atoms with van der Waals surface area (Å²) >= 11 is 5.20. The van der Waals surface area contributed by atoms with Crippen molar-refractivity contribution in [2.24, 2.45) is 0 Å². The summed E-state index contributed by atoms with van der Waals surface area (Å²) in [5.74, 6) is -0.228. The van der Waals surface area contributed by atoms with Crippen LogP contribution in [0.25, 0.3) is 0 Å². The van der Waals surface area contributed by atoms with Crippen molar-refractivity contribution < 1.29 is 13.2 Å². The maximum atomic E-state index is 12.7. The average molecular weight is 468 g/mol. The molecule has 0 saturated carbocycles. The largest absolute Gasteiger partial charge is 0.332 e. The van der Waals surface area contributed by atoms with Crippen molar-refractivity contribution >= 4 is 44.6 Å². The molecule has 0 spiro atoms. The van der Waals surface area contributed by atoms with Crippen molar-refractivity contribution in [1.29, 1.82) is 0 Å². The van der Waals surface area contributed by atoms with Crippen LogP contribution >= 0.6 is 12.2 Å².